The molecule has 4 rings (SSSR count). The van der Waals surface area contributed by atoms with Crippen molar-refractivity contribution in [1.82, 2.24) is 20.3 Å². The van der Waals surface area contributed by atoms with E-state index in [4.69, 9.17) is 4.52 Å². The molecule has 2 aromatic heterocycles. The van der Waals surface area contributed by atoms with E-state index in [1.165, 1.54) is 6.20 Å². The van der Waals surface area contributed by atoms with Gasteiger partial charge in [0.25, 0.3) is 11.8 Å². The van der Waals surface area contributed by atoms with Crippen LogP contribution in [0.4, 0.5) is 11.4 Å². The molecule has 29 heavy (non-hydrogen) atoms. The van der Waals surface area contributed by atoms with Gasteiger partial charge < -0.3 is 20.5 Å². The first-order chi connectivity index (χ1) is 14.1. The van der Waals surface area contributed by atoms with Crippen LogP contribution in [0, 0.1) is 6.92 Å². The van der Waals surface area contributed by atoms with Gasteiger partial charge in [0.15, 0.2) is 0 Å². The van der Waals surface area contributed by atoms with Gasteiger partial charge in [0, 0.05) is 23.8 Å². The van der Waals surface area contributed by atoms with Crippen molar-refractivity contribution >= 4 is 23.2 Å². The van der Waals surface area contributed by atoms with Gasteiger partial charge in [0.2, 0.25) is 0 Å². The fraction of sp³-hybridized carbons (Fsp3) is 0.300. The number of rotatable bonds is 5. The lowest BCUT2D eigenvalue weighted by Crippen LogP contribution is -2.52. The zero-order valence-corrected chi connectivity index (χ0v) is 16.0. The Balaban J connectivity index is 1.46. The van der Waals surface area contributed by atoms with Crippen LogP contribution in [0.25, 0.3) is 0 Å². The molecule has 1 aliphatic heterocycles. The molecular formula is C20H22N6O3. The summed E-state index contributed by atoms with van der Waals surface area (Å²) >= 11 is 0. The SMILES string of the molecule is Cc1oncc1C(=O)Nc1ccc(NC(=O)C2(n3cccn3)CCNCC2)cc1. The maximum absolute atomic E-state index is 13.2. The first kappa shape index (κ1) is 18.9. The summed E-state index contributed by atoms with van der Waals surface area (Å²) < 4.78 is 6.66. The molecule has 0 radical (unpaired) electrons. The van der Waals surface area contributed by atoms with Crippen LogP contribution in [0.15, 0.2) is 53.4 Å². The van der Waals surface area contributed by atoms with E-state index in [1.54, 1.807) is 42.1 Å². The zero-order valence-electron chi connectivity index (χ0n) is 16.0. The Hall–Kier alpha value is -3.46. The molecule has 3 aromatic rings. The maximum atomic E-state index is 13.2. The fourth-order valence-electron chi connectivity index (χ4n) is 3.52. The molecule has 1 fully saturated rings. The van der Waals surface area contributed by atoms with Crippen LogP contribution in [-0.2, 0) is 10.3 Å². The molecule has 3 heterocycles. The highest BCUT2D eigenvalue weighted by atomic mass is 16.5. The molecule has 9 nitrogen and oxygen atoms in total. The number of piperidine rings is 1. The number of amides is 2. The van der Waals surface area contributed by atoms with Gasteiger partial charge in [-0.05, 0) is 63.2 Å². The smallest absolute Gasteiger partial charge is 0.260 e. The van der Waals surface area contributed by atoms with Crippen LogP contribution in [0.3, 0.4) is 0 Å². The van der Waals surface area contributed by atoms with Crippen LogP contribution >= 0.6 is 0 Å². The maximum Gasteiger partial charge on any atom is 0.260 e. The third kappa shape index (κ3) is 3.77. The summed E-state index contributed by atoms with van der Waals surface area (Å²) in [5, 5.41) is 17.0. The monoisotopic (exact) mass is 394 g/mol. The Kier molecular flexibility index (Phi) is 5.13. The molecule has 150 valence electrons. The van der Waals surface area contributed by atoms with E-state index in [0.717, 1.165) is 13.1 Å². The van der Waals surface area contributed by atoms with Gasteiger partial charge >= 0.3 is 0 Å². The van der Waals surface area contributed by atoms with Crippen molar-refractivity contribution in [3.05, 3.63) is 60.2 Å². The van der Waals surface area contributed by atoms with Crippen molar-refractivity contribution in [2.24, 2.45) is 0 Å². The van der Waals surface area contributed by atoms with Gasteiger partial charge in [0.1, 0.15) is 16.9 Å². The number of hydrogen-bond acceptors (Lipinski definition) is 6. The summed E-state index contributed by atoms with van der Waals surface area (Å²) in [6.45, 7) is 3.18. The normalized spacial score (nSPS) is 15.6. The lowest BCUT2D eigenvalue weighted by atomic mass is 9.87. The molecule has 0 spiro atoms. The average molecular weight is 394 g/mol. The van der Waals surface area contributed by atoms with E-state index < -0.39 is 5.54 Å². The largest absolute Gasteiger partial charge is 0.361 e. The molecule has 3 N–H and O–H groups in total. The van der Waals surface area contributed by atoms with E-state index in [2.05, 4.69) is 26.2 Å². The first-order valence-electron chi connectivity index (χ1n) is 9.43. The van der Waals surface area contributed by atoms with E-state index >= 15 is 0 Å². The van der Waals surface area contributed by atoms with E-state index in [-0.39, 0.29) is 11.8 Å². The summed E-state index contributed by atoms with van der Waals surface area (Å²) in [4.78, 5) is 25.4. The molecule has 1 aromatic carbocycles. The number of benzene rings is 1. The number of nitrogens with one attached hydrogen (secondary N) is 3. The fourth-order valence-corrected chi connectivity index (χ4v) is 3.52. The Morgan fingerprint density at radius 2 is 1.83 bits per heavy atom. The van der Waals surface area contributed by atoms with Crippen molar-refractivity contribution in [3.8, 4) is 0 Å². The third-order valence-corrected chi connectivity index (χ3v) is 5.19. The molecular weight excluding hydrogens is 372 g/mol. The van der Waals surface area contributed by atoms with Crippen LogP contribution in [0.2, 0.25) is 0 Å². The Bertz CT molecular complexity index is 988. The highest BCUT2D eigenvalue weighted by Gasteiger charge is 2.42. The van der Waals surface area contributed by atoms with Crippen LogP contribution in [0.5, 0.6) is 0 Å². The quantitative estimate of drug-likeness (QED) is 0.611. The molecule has 1 aliphatic rings. The number of anilines is 2. The van der Waals surface area contributed by atoms with E-state index in [0.29, 0.717) is 35.5 Å². The van der Waals surface area contributed by atoms with Gasteiger partial charge in [0.05, 0.1) is 6.20 Å². The molecule has 0 saturated carbocycles. The second-order valence-corrected chi connectivity index (χ2v) is 7.01. The van der Waals surface area contributed by atoms with Crippen molar-refractivity contribution in [2.45, 2.75) is 25.3 Å². The second-order valence-electron chi connectivity index (χ2n) is 7.01. The molecule has 0 aliphatic carbocycles. The number of carbonyl (C=O) groups is 2. The lowest BCUT2D eigenvalue weighted by Gasteiger charge is -2.36. The molecule has 2 amide bonds. The van der Waals surface area contributed by atoms with Gasteiger partial charge in [-0.1, -0.05) is 5.16 Å². The number of aryl methyl sites for hydroxylation is 1. The van der Waals surface area contributed by atoms with Crippen molar-refractivity contribution in [2.75, 3.05) is 23.7 Å². The highest BCUT2D eigenvalue weighted by Crippen LogP contribution is 2.29. The predicted octanol–water partition coefficient (Wildman–Crippen LogP) is 2.15. The molecule has 9 heteroatoms. The van der Waals surface area contributed by atoms with Gasteiger partial charge in [-0.3, -0.25) is 14.3 Å². The van der Waals surface area contributed by atoms with Crippen molar-refractivity contribution in [1.29, 1.82) is 0 Å². The predicted molar refractivity (Wildman–Crippen MR) is 107 cm³/mol. The standard InChI is InChI=1S/C20H22N6O3/c1-14-17(13-23-29-14)18(27)24-15-3-5-16(6-4-15)25-19(28)20(7-10-21-11-8-20)26-12-2-9-22-26/h2-6,9,12-13,21H,7-8,10-11H2,1H3,(H,24,27)(H,25,28). The molecule has 0 atom stereocenters. The summed E-state index contributed by atoms with van der Waals surface area (Å²) in [6.07, 6.45) is 6.22. The van der Waals surface area contributed by atoms with Crippen LogP contribution < -0.4 is 16.0 Å². The van der Waals surface area contributed by atoms with Crippen molar-refractivity contribution < 1.29 is 14.1 Å². The Labute approximate surface area is 167 Å². The van der Waals surface area contributed by atoms with E-state index in [9.17, 15) is 9.59 Å². The molecule has 1 saturated heterocycles. The van der Waals surface area contributed by atoms with E-state index in [1.807, 2.05) is 12.3 Å². The summed E-state index contributed by atoms with van der Waals surface area (Å²) in [6, 6.07) is 8.81. The summed E-state index contributed by atoms with van der Waals surface area (Å²) in [7, 11) is 0. The summed E-state index contributed by atoms with van der Waals surface area (Å²) in [5.41, 5.74) is 0.930. The second kappa shape index (κ2) is 7.88. The first-order valence-corrected chi connectivity index (χ1v) is 9.43. The lowest BCUT2D eigenvalue weighted by molar-refractivity contribution is -0.126. The summed E-state index contributed by atoms with van der Waals surface area (Å²) in [5.74, 6) is 0.0599. The Morgan fingerprint density at radius 1 is 1.14 bits per heavy atom. The number of hydrogen-bond donors (Lipinski definition) is 3. The number of carbonyl (C=O) groups excluding carboxylic acids is 2. The number of aromatic nitrogens is 3. The number of nitrogens with zero attached hydrogens (tertiary/aromatic N) is 3. The van der Waals surface area contributed by atoms with Gasteiger partial charge in [-0.15, -0.1) is 0 Å². The minimum Gasteiger partial charge on any atom is -0.361 e. The minimum atomic E-state index is -0.715. The highest BCUT2D eigenvalue weighted by molar-refractivity contribution is 6.05. The van der Waals surface area contributed by atoms with Gasteiger partial charge in [-0.2, -0.15) is 5.10 Å². The van der Waals surface area contributed by atoms with Crippen LogP contribution in [-0.4, -0.2) is 39.8 Å². The Morgan fingerprint density at radius 3 is 2.41 bits per heavy atom. The molecule has 0 unspecified atom stereocenters. The molecule has 0 bridgehead atoms. The topological polar surface area (TPSA) is 114 Å². The van der Waals surface area contributed by atoms with Crippen LogP contribution in [0.1, 0.15) is 29.0 Å². The minimum absolute atomic E-state index is 0.0976. The van der Waals surface area contributed by atoms with Crippen molar-refractivity contribution in [3.63, 3.8) is 0 Å². The average Bonchev–Trinajstić information content (AvgIpc) is 3.42. The van der Waals surface area contributed by atoms with Gasteiger partial charge in [-0.25, -0.2) is 0 Å². The third-order valence-electron chi connectivity index (χ3n) is 5.19. The zero-order chi connectivity index (χ0) is 20.3.